The van der Waals surface area contributed by atoms with E-state index >= 15 is 0 Å². The van der Waals surface area contributed by atoms with Crippen LogP contribution in [0.4, 0.5) is 5.69 Å². The minimum Gasteiger partial charge on any atom is -0.397 e. The normalized spacial score (nSPS) is 11.0. The molecule has 2 aromatic carbocycles. The molecule has 8 nitrogen and oxygen atoms in total. The van der Waals surface area contributed by atoms with Gasteiger partial charge in [0.25, 0.3) is 0 Å². The molecule has 21 heavy (non-hydrogen) atoms. The molecule has 0 spiro atoms. The van der Waals surface area contributed by atoms with Crippen LogP contribution in [0.1, 0.15) is 0 Å². The number of anilines is 1. The molecule has 0 unspecified atom stereocenters. The molecule has 0 atom stereocenters. The Morgan fingerprint density at radius 2 is 1.76 bits per heavy atom. The largest absolute Gasteiger partial charge is 0.397 e. The Morgan fingerprint density at radius 3 is 2.62 bits per heavy atom. The van der Waals surface area contributed by atoms with Gasteiger partial charge in [-0.05, 0) is 27.7 Å². The molecule has 0 bridgehead atoms. The predicted molar refractivity (Wildman–Crippen MR) is 74.4 cm³/mol. The highest BCUT2D eigenvalue weighted by Crippen LogP contribution is 2.23. The highest BCUT2D eigenvalue weighted by Gasteiger charge is 2.14. The van der Waals surface area contributed by atoms with Crippen LogP contribution >= 0.6 is 0 Å². The molecule has 4 aromatic rings. The molecule has 0 saturated heterocycles. The predicted octanol–water partition coefficient (Wildman–Crippen LogP) is 1.45. The molecule has 0 radical (unpaired) electrons. The number of nitrogen functional groups attached to an aromatic ring is 1. The molecule has 0 amide bonds. The van der Waals surface area contributed by atoms with Gasteiger partial charge in [0.05, 0.1) is 5.69 Å². The number of hydrogen-bond donors (Lipinski definition) is 1. The topological polar surface area (TPSA) is 109 Å². The van der Waals surface area contributed by atoms with E-state index in [1.807, 2.05) is 30.3 Å². The van der Waals surface area contributed by atoms with Crippen molar-refractivity contribution in [2.45, 2.75) is 0 Å². The van der Waals surface area contributed by atoms with Crippen LogP contribution in [-0.4, -0.2) is 30.5 Å². The number of nitrogens with two attached hydrogens (primary N) is 1. The lowest BCUT2D eigenvalue weighted by Gasteiger charge is -1.99. The van der Waals surface area contributed by atoms with Crippen molar-refractivity contribution in [1.29, 1.82) is 0 Å². The maximum atomic E-state index is 5.82. The van der Waals surface area contributed by atoms with Gasteiger partial charge in [-0.2, -0.15) is 0 Å². The summed E-state index contributed by atoms with van der Waals surface area (Å²) in [6.07, 6.45) is 0. The maximum absolute atomic E-state index is 5.82. The van der Waals surface area contributed by atoms with E-state index in [0.29, 0.717) is 28.2 Å². The zero-order chi connectivity index (χ0) is 14.2. The summed E-state index contributed by atoms with van der Waals surface area (Å²) in [4.78, 5) is 1.38. The first kappa shape index (κ1) is 11.5. The van der Waals surface area contributed by atoms with E-state index in [9.17, 15) is 0 Å². The first-order valence-electron chi connectivity index (χ1n) is 6.19. The lowest BCUT2D eigenvalue weighted by molar-refractivity contribution is 0.315. The molecule has 2 heterocycles. The van der Waals surface area contributed by atoms with E-state index in [-0.39, 0.29) is 0 Å². The van der Waals surface area contributed by atoms with Crippen molar-refractivity contribution in [1.82, 2.24) is 30.5 Å². The van der Waals surface area contributed by atoms with Gasteiger partial charge in [0.15, 0.2) is 11.0 Å². The van der Waals surface area contributed by atoms with Crippen LogP contribution in [0.3, 0.4) is 0 Å². The number of rotatable bonds is 2. The molecule has 0 fully saturated rings. The van der Waals surface area contributed by atoms with Crippen LogP contribution < -0.4 is 5.73 Å². The van der Waals surface area contributed by atoms with E-state index in [1.165, 1.54) is 4.80 Å². The smallest absolute Gasteiger partial charge is 0.205 e. The lowest BCUT2D eigenvalue weighted by atomic mass is 10.2. The Balaban J connectivity index is 1.85. The Kier molecular flexibility index (Phi) is 2.40. The average Bonchev–Trinajstić information content (AvgIpc) is 3.18. The number of fused-ring (bicyclic) bond motifs is 1. The minimum absolute atomic E-state index is 0.478. The third kappa shape index (κ3) is 1.81. The molecule has 2 aromatic heterocycles. The third-order valence-corrected chi connectivity index (χ3v) is 3.09. The van der Waals surface area contributed by atoms with Gasteiger partial charge in [-0.1, -0.05) is 30.3 Å². The van der Waals surface area contributed by atoms with Crippen LogP contribution in [0.15, 0.2) is 47.1 Å². The molecule has 0 saturated carbocycles. The third-order valence-electron chi connectivity index (χ3n) is 3.09. The average molecular weight is 279 g/mol. The van der Waals surface area contributed by atoms with Crippen LogP contribution in [0.25, 0.3) is 28.1 Å². The first-order chi connectivity index (χ1) is 10.3. The first-order valence-corrected chi connectivity index (χ1v) is 6.19. The highest BCUT2D eigenvalue weighted by molar-refractivity contribution is 5.91. The molecule has 2 N–H and O–H groups in total. The van der Waals surface area contributed by atoms with E-state index < -0.39 is 0 Å². The van der Waals surface area contributed by atoms with E-state index in [2.05, 4.69) is 25.7 Å². The van der Waals surface area contributed by atoms with Crippen molar-refractivity contribution in [3.63, 3.8) is 0 Å². The molecular weight excluding hydrogens is 270 g/mol. The standard InChI is InChI=1S/C13H9N7O/c14-9-6-7-10(12-11(9)17-21-18-12)20-16-13(15-19-20)8-4-2-1-3-5-8/h1-7H,14H2. The molecule has 102 valence electrons. The summed E-state index contributed by atoms with van der Waals surface area (Å²) in [5.41, 5.74) is 8.76. The van der Waals surface area contributed by atoms with Crippen molar-refractivity contribution in [2.24, 2.45) is 0 Å². The SMILES string of the molecule is Nc1ccc(-n2nnc(-c3ccccc3)n2)c2nonc12. The zero-order valence-corrected chi connectivity index (χ0v) is 10.7. The van der Waals surface area contributed by atoms with Gasteiger partial charge >= 0.3 is 0 Å². The molecular formula is C13H9N7O. The molecule has 4 rings (SSSR count). The number of tetrazole rings is 1. The minimum atomic E-state index is 0.478. The van der Waals surface area contributed by atoms with Gasteiger partial charge in [0.1, 0.15) is 5.69 Å². The number of aromatic nitrogens is 6. The van der Waals surface area contributed by atoms with Crippen molar-refractivity contribution >= 4 is 16.7 Å². The van der Waals surface area contributed by atoms with Crippen molar-refractivity contribution < 1.29 is 4.63 Å². The monoisotopic (exact) mass is 279 g/mol. The molecule has 0 aliphatic heterocycles. The fraction of sp³-hybridized carbons (Fsp3) is 0. The van der Waals surface area contributed by atoms with Crippen LogP contribution in [0.5, 0.6) is 0 Å². The van der Waals surface area contributed by atoms with Gasteiger partial charge in [-0.3, -0.25) is 0 Å². The fourth-order valence-electron chi connectivity index (χ4n) is 2.05. The Morgan fingerprint density at radius 1 is 0.952 bits per heavy atom. The number of benzene rings is 2. The Labute approximate surface area is 118 Å². The Bertz CT molecular complexity index is 913. The van der Waals surface area contributed by atoms with Crippen molar-refractivity contribution in [3.05, 3.63) is 42.5 Å². The Hall–Kier alpha value is -3.29. The second-order valence-corrected chi connectivity index (χ2v) is 4.40. The van der Waals surface area contributed by atoms with Gasteiger partial charge in [-0.25, -0.2) is 4.63 Å². The van der Waals surface area contributed by atoms with Gasteiger partial charge in [0, 0.05) is 5.56 Å². The summed E-state index contributed by atoms with van der Waals surface area (Å²) in [5, 5.41) is 20.1. The fourth-order valence-corrected chi connectivity index (χ4v) is 2.05. The van der Waals surface area contributed by atoms with Crippen molar-refractivity contribution in [3.8, 4) is 17.1 Å². The highest BCUT2D eigenvalue weighted by atomic mass is 16.6. The van der Waals surface area contributed by atoms with E-state index in [0.717, 1.165) is 5.56 Å². The summed E-state index contributed by atoms with van der Waals surface area (Å²) < 4.78 is 4.73. The van der Waals surface area contributed by atoms with Crippen LogP contribution in [0, 0.1) is 0 Å². The second-order valence-electron chi connectivity index (χ2n) is 4.40. The van der Waals surface area contributed by atoms with Gasteiger partial charge < -0.3 is 5.73 Å². The summed E-state index contributed by atoms with van der Waals surface area (Å²) in [6.45, 7) is 0. The van der Waals surface area contributed by atoms with E-state index in [1.54, 1.807) is 12.1 Å². The lowest BCUT2D eigenvalue weighted by Crippen LogP contribution is -2.01. The number of nitrogens with zero attached hydrogens (tertiary/aromatic N) is 6. The summed E-state index contributed by atoms with van der Waals surface area (Å²) in [6, 6.07) is 13.0. The van der Waals surface area contributed by atoms with Crippen molar-refractivity contribution in [2.75, 3.05) is 5.73 Å². The molecule has 0 aliphatic rings. The van der Waals surface area contributed by atoms with Crippen LogP contribution in [-0.2, 0) is 0 Å². The zero-order valence-electron chi connectivity index (χ0n) is 10.7. The summed E-state index contributed by atoms with van der Waals surface area (Å²) in [5.74, 6) is 0.525. The quantitative estimate of drug-likeness (QED) is 0.553. The second kappa shape index (κ2) is 4.37. The van der Waals surface area contributed by atoms with Crippen LogP contribution in [0.2, 0.25) is 0 Å². The molecule has 0 aliphatic carbocycles. The van der Waals surface area contributed by atoms with Gasteiger partial charge in [0.2, 0.25) is 5.82 Å². The van der Waals surface area contributed by atoms with E-state index in [4.69, 9.17) is 10.4 Å². The number of hydrogen-bond acceptors (Lipinski definition) is 7. The molecule has 8 heteroatoms. The summed E-state index contributed by atoms with van der Waals surface area (Å²) in [7, 11) is 0. The summed E-state index contributed by atoms with van der Waals surface area (Å²) >= 11 is 0. The maximum Gasteiger partial charge on any atom is 0.205 e. The van der Waals surface area contributed by atoms with Gasteiger partial charge in [-0.15, -0.1) is 15.0 Å².